The topological polar surface area (TPSA) is 186 Å². The van der Waals surface area contributed by atoms with Crippen LogP contribution in [0.15, 0.2) is 0 Å². The van der Waals surface area contributed by atoms with Crippen LogP contribution in [0, 0.1) is 0 Å². The van der Waals surface area contributed by atoms with Crippen molar-refractivity contribution in [2.45, 2.75) is 0 Å². The molecule has 0 radical (unpaired) electrons. The number of aliphatic hydroxyl groups excluding tert-OH is 5. The largest absolute Gasteiger partial charge is 5.00 e. The molecule has 0 atom stereocenters. The molecule has 0 aromatic heterocycles. The Kier molecular flexibility index (Phi) is 462. The van der Waals surface area contributed by atoms with Crippen molar-refractivity contribution in [1.29, 1.82) is 0 Å². The van der Waals surface area contributed by atoms with Gasteiger partial charge in [0.25, 0.3) is 0 Å². The normalized spacial score (nSPS) is 3.75. The van der Waals surface area contributed by atoms with Gasteiger partial charge in [-0.1, -0.05) is 32.4 Å². The van der Waals surface area contributed by atoms with Crippen molar-refractivity contribution in [2.24, 2.45) is 0 Å². The summed E-state index contributed by atoms with van der Waals surface area (Å²) in [7, 11) is 0. The first-order chi connectivity index (χ1) is 7.07. The van der Waals surface area contributed by atoms with Crippen LogP contribution in [-0.4, -0.2) is 57.9 Å². The van der Waals surface area contributed by atoms with Crippen molar-refractivity contribution in [3.05, 3.63) is 0 Å². The van der Waals surface area contributed by atoms with E-state index in [9.17, 15) is 0 Å². The summed E-state index contributed by atoms with van der Waals surface area (Å²) in [4.78, 5) is 41.2. The Balaban J connectivity index is -0.0000000192. The molecule has 11 heteroatoms. The number of hydrogen-bond donors (Lipinski definition) is 5. The second-order valence-electron chi connectivity index (χ2n) is 0.456. The summed E-state index contributed by atoms with van der Waals surface area (Å²) >= 11 is 0. The number of rotatable bonds is 0. The summed E-state index contributed by atoms with van der Waals surface area (Å²) in [6.07, 6.45) is 0. The molecule has 5 N–H and O–H groups in total. The van der Waals surface area contributed by atoms with Gasteiger partial charge in [0.2, 0.25) is 0 Å². The molecule has 0 aromatic rings. The van der Waals surface area contributed by atoms with E-state index in [1.165, 1.54) is 0 Å². The zero-order valence-electron chi connectivity index (χ0n) is 7.22. The third-order valence-electron chi connectivity index (χ3n) is 0. The standard InChI is InChI=1S/5CHO2.Nb/c5*2-1-3;/h5*(H,2,3);/q5*-1;+5. The Morgan fingerprint density at radius 1 is 0.438 bits per heavy atom. The van der Waals surface area contributed by atoms with E-state index in [4.69, 9.17) is 49.5 Å². The van der Waals surface area contributed by atoms with Crippen LogP contribution in [0.3, 0.4) is 0 Å². The average molecular weight is 318 g/mol. The van der Waals surface area contributed by atoms with Gasteiger partial charge in [0.15, 0.2) is 0 Å². The molecule has 0 aliphatic heterocycles. The van der Waals surface area contributed by atoms with Crippen LogP contribution in [0.1, 0.15) is 0 Å². The molecule has 16 heavy (non-hydrogen) atoms. The molecule has 0 aliphatic carbocycles. The molecule has 90 valence electrons. The smallest absolute Gasteiger partial charge is 0.665 e. The molecular weight excluding hydrogens is 313 g/mol. The van der Waals surface area contributed by atoms with Crippen LogP contribution in [0.4, 0.5) is 0 Å². The monoisotopic (exact) mass is 318 g/mol. The van der Waals surface area contributed by atoms with Crippen molar-refractivity contribution in [3.8, 4) is 0 Å². The molecule has 0 amide bonds. The Hall–Kier alpha value is -1.91. The van der Waals surface area contributed by atoms with Crippen LogP contribution in [0.5, 0.6) is 0 Å². The fraction of sp³-hybridized carbons (Fsp3) is 0. The Labute approximate surface area is 105 Å². The maximum atomic E-state index is 8.24. The maximum absolute atomic E-state index is 8.24. The van der Waals surface area contributed by atoms with E-state index in [0.29, 0.717) is 32.4 Å². The molecule has 0 fully saturated rings. The first-order valence-electron chi connectivity index (χ1n) is 2.14. The van der Waals surface area contributed by atoms with Crippen molar-refractivity contribution in [2.75, 3.05) is 0 Å². The van der Waals surface area contributed by atoms with Crippen molar-refractivity contribution >= 4 is 32.4 Å². The van der Waals surface area contributed by atoms with Gasteiger partial charge in [-0.15, -0.1) is 0 Å². The molecular formula is C5H5NbO10. The molecule has 0 spiro atoms. The van der Waals surface area contributed by atoms with Gasteiger partial charge in [0.05, 0.1) is 0 Å². The van der Waals surface area contributed by atoms with Crippen LogP contribution in [0.25, 0.3) is 0 Å². The molecule has 0 aromatic carbocycles. The van der Waals surface area contributed by atoms with E-state index in [0.717, 1.165) is 0 Å². The van der Waals surface area contributed by atoms with Gasteiger partial charge in [0.1, 0.15) is 0 Å². The Morgan fingerprint density at radius 3 is 0.438 bits per heavy atom. The minimum atomic E-state index is 0. The molecule has 0 saturated heterocycles. The van der Waals surface area contributed by atoms with E-state index >= 15 is 0 Å². The van der Waals surface area contributed by atoms with Crippen molar-refractivity contribution in [3.63, 3.8) is 0 Å². The fourth-order valence-electron chi connectivity index (χ4n) is 0. The van der Waals surface area contributed by atoms with Gasteiger partial charge >= 0.3 is 22.4 Å². The van der Waals surface area contributed by atoms with E-state index in [-0.39, 0.29) is 22.4 Å². The summed E-state index contributed by atoms with van der Waals surface area (Å²) in [6.45, 7) is 2.50. The van der Waals surface area contributed by atoms with E-state index < -0.39 is 0 Å². The van der Waals surface area contributed by atoms with Gasteiger partial charge in [-0.2, -0.15) is 0 Å². The van der Waals surface area contributed by atoms with E-state index in [2.05, 4.69) is 0 Å². The average Bonchev–Trinajstić information content (AvgIpc) is 2.09. The molecule has 10 nitrogen and oxygen atoms in total. The summed E-state index contributed by atoms with van der Waals surface area (Å²) in [6, 6.07) is 0. The maximum Gasteiger partial charge on any atom is 5.00 e. The summed E-state index contributed by atoms with van der Waals surface area (Å²) in [5.74, 6) is 0. The van der Waals surface area contributed by atoms with Crippen molar-refractivity contribution < 1.29 is 71.9 Å². The van der Waals surface area contributed by atoms with Crippen LogP contribution in [0.2, 0.25) is 0 Å². The second-order valence-corrected chi connectivity index (χ2v) is 0.456. The van der Waals surface area contributed by atoms with E-state index in [1.54, 1.807) is 0 Å². The first-order valence-corrected chi connectivity index (χ1v) is 2.14. The third-order valence-corrected chi connectivity index (χ3v) is 0. The Morgan fingerprint density at radius 2 is 0.438 bits per heavy atom. The second kappa shape index (κ2) is 200. The predicted molar refractivity (Wildman–Crippen MR) is 41.6 cm³/mol. The van der Waals surface area contributed by atoms with Gasteiger partial charge < -0.3 is 49.5 Å². The quantitative estimate of drug-likeness (QED) is 0.248. The van der Waals surface area contributed by atoms with Gasteiger partial charge in [-0.3, -0.25) is 0 Å². The number of hydrogen-bond acceptors (Lipinski definition) is 5. The predicted octanol–water partition coefficient (Wildman–Crippen LogP) is -1.94. The van der Waals surface area contributed by atoms with E-state index in [1.807, 2.05) is 0 Å². The van der Waals surface area contributed by atoms with Crippen LogP contribution >= 0.6 is 0 Å². The summed E-state index contributed by atoms with van der Waals surface area (Å²) < 4.78 is 0. The summed E-state index contributed by atoms with van der Waals surface area (Å²) in [5.41, 5.74) is 0. The van der Waals surface area contributed by atoms with Gasteiger partial charge in [-0.05, 0) is 0 Å². The van der Waals surface area contributed by atoms with Gasteiger partial charge in [0, 0.05) is 0 Å². The Bertz CT molecular complexity index is 91.5. The van der Waals surface area contributed by atoms with Gasteiger partial charge in [-0.25, -0.2) is 0 Å². The third kappa shape index (κ3) is 408. The molecule has 0 unspecified atom stereocenters. The van der Waals surface area contributed by atoms with Crippen molar-refractivity contribution in [1.82, 2.24) is 0 Å². The SMILES string of the molecule is O=[C-]O.O=[C-]O.O=[C-]O.O=[C-]O.O=[C-]O.[Nb+5]. The molecule has 0 heterocycles. The molecule has 0 rings (SSSR count). The molecule has 0 aliphatic rings. The summed E-state index contributed by atoms with van der Waals surface area (Å²) in [5, 5.41) is 33.8. The fourth-order valence-corrected chi connectivity index (χ4v) is 0. The van der Waals surface area contributed by atoms with Crippen LogP contribution < -0.4 is 0 Å². The molecule has 0 bridgehead atoms. The molecule has 0 saturated carbocycles. The minimum absolute atomic E-state index is 0. The van der Waals surface area contributed by atoms with Crippen LogP contribution in [-0.2, 0) is 46.4 Å². The minimum Gasteiger partial charge on any atom is -0.665 e. The first kappa shape index (κ1) is 36.9. The zero-order chi connectivity index (χ0) is 13.5. The zero-order valence-corrected chi connectivity index (χ0v) is 9.42.